The van der Waals surface area contributed by atoms with Crippen LogP contribution < -0.4 is 10.1 Å². The summed E-state index contributed by atoms with van der Waals surface area (Å²) in [6, 6.07) is 8.03. The van der Waals surface area contributed by atoms with Crippen LogP contribution in [0.5, 0.6) is 5.75 Å². The first-order valence-electron chi connectivity index (χ1n) is 5.23. The number of methoxy groups -OCH3 is 1. The van der Waals surface area contributed by atoms with Crippen molar-refractivity contribution in [1.82, 2.24) is 5.32 Å². The molecular formula is C12H15NO2. The predicted molar refractivity (Wildman–Crippen MR) is 57.7 cm³/mol. The molecule has 2 rings (SSSR count). The summed E-state index contributed by atoms with van der Waals surface area (Å²) in [6.45, 7) is 0. The average Bonchev–Trinajstić information content (AvgIpc) is 2.29. The maximum absolute atomic E-state index is 11.3. The van der Waals surface area contributed by atoms with Crippen molar-refractivity contribution in [3.05, 3.63) is 29.8 Å². The highest BCUT2D eigenvalue weighted by molar-refractivity contribution is 5.77. The van der Waals surface area contributed by atoms with Gasteiger partial charge in [0, 0.05) is 6.42 Å². The minimum atomic E-state index is 0.147. The molecule has 15 heavy (non-hydrogen) atoms. The molecule has 0 bridgehead atoms. The number of amides is 1. The van der Waals surface area contributed by atoms with Gasteiger partial charge in [0.15, 0.2) is 0 Å². The van der Waals surface area contributed by atoms with Gasteiger partial charge >= 0.3 is 0 Å². The van der Waals surface area contributed by atoms with Crippen LogP contribution in [0.1, 0.15) is 30.9 Å². The maximum Gasteiger partial charge on any atom is 0.220 e. The van der Waals surface area contributed by atoms with E-state index in [1.54, 1.807) is 7.11 Å². The third kappa shape index (κ3) is 2.29. The number of ether oxygens (including phenoxy) is 1. The largest absolute Gasteiger partial charge is 0.497 e. The first-order valence-corrected chi connectivity index (χ1v) is 5.23. The van der Waals surface area contributed by atoms with E-state index in [9.17, 15) is 4.79 Å². The Bertz CT molecular complexity index is 362. The molecule has 1 fully saturated rings. The summed E-state index contributed by atoms with van der Waals surface area (Å²) in [5, 5.41) is 2.99. The summed E-state index contributed by atoms with van der Waals surface area (Å²) < 4.78 is 5.16. The van der Waals surface area contributed by atoms with Gasteiger partial charge in [-0.25, -0.2) is 0 Å². The van der Waals surface area contributed by atoms with Crippen LogP contribution in [0.2, 0.25) is 0 Å². The lowest BCUT2D eigenvalue weighted by Crippen LogP contribution is -2.32. The number of nitrogens with one attached hydrogen (secondary N) is 1. The summed E-state index contributed by atoms with van der Waals surface area (Å²) in [5.41, 5.74) is 1.13. The second-order valence-corrected chi connectivity index (χ2v) is 3.79. The van der Waals surface area contributed by atoms with Gasteiger partial charge in [-0.1, -0.05) is 12.1 Å². The molecule has 1 amide bonds. The van der Waals surface area contributed by atoms with Crippen molar-refractivity contribution in [2.75, 3.05) is 7.11 Å². The lowest BCUT2D eigenvalue weighted by Gasteiger charge is -2.23. The van der Waals surface area contributed by atoms with Gasteiger partial charge in [0.1, 0.15) is 5.75 Å². The number of hydrogen-bond donors (Lipinski definition) is 1. The Morgan fingerprint density at radius 2 is 2.33 bits per heavy atom. The Morgan fingerprint density at radius 3 is 3.07 bits per heavy atom. The van der Waals surface area contributed by atoms with Crippen LogP contribution in [-0.4, -0.2) is 13.0 Å². The molecule has 1 unspecified atom stereocenters. The van der Waals surface area contributed by atoms with Crippen molar-refractivity contribution in [1.29, 1.82) is 0 Å². The van der Waals surface area contributed by atoms with E-state index in [1.807, 2.05) is 24.3 Å². The van der Waals surface area contributed by atoms with E-state index in [0.717, 1.165) is 24.2 Å². The lowest BCUT2D eigenvalue weighted by molar-refractivity contribution is -0.123. The molecule has 0 spiro atoms. The number of carbonyl (C=O) groups excluding carboxylic acids is 1. The SMILES string of the molecule is COc1cccc(C2CCCC(=O)N2)c1. The van der Waals surface area contributed by atoms with E-state index >= 15 is 0 Å². The van der Waals surface area contributed by atoms with Gasteiger partial charge in [-0.05, 0) is 30.5 Å². The fourth-order valence-electron chi connectivity index (χ4n) is 1.91. The Morgan fingerprint density at radius 1 is 1.47 bits per heavy atom. The van der Waals surface area contributed by atoms with Crippen molar-refractivity contribution >= 4 is 5.91 Å². The van der Waals surface area contributed by atoms with Gasteiger partial charge in [-0.2, -0.15) is 0 Å². The topological polar surface area (TPSA) is 38.3 Å². The number of rotatable bonds is 2. The fraction of sp³-hybridized carbons (Fsp3) is 0.417. The second-order valence-electron chi connectivity index (χ2n) is 3.79. The van der Waals surface area contributed by atoms with E-state index in [1.165, 1.54) is 0 Å². The number of carbonyl (C=O) groups is 1. The van der Waals surface area contributed by atoms with Crippen LogP contribution in [0.25, 0.3) is 0 Å². The lowest BCUT2D eigenvalue weighted by atomic mass is 9.97. The molecule has 3 heteroatoms. The third-order valence-corrected chi connectivity index (χ3v) is 2.73. The van der Waals surface area contributed by atoms with Gasteiger partial charge in [0.2, 0.25) is 5.91 Å². The molecule has 1 N–H and O–H groups in total. The van der Waals surface area contributed by atoms with Crippen LogP contribution >= 0.6 is 0 Å². The van der Waals surface area contributed by atoms with Gasteiger partial charge in [0.25, 0.3) is 0 Å². The highest BCUT2D eigenvalue weighted by atomic mass is 16.5. The highest BCUT2D eigenvalue weighted by Gasteiger charge is 2.19. The molecule has 0 saturated carbocycles. The molecular weight excluding hydrogens is 190 g/mol. The Kier molecular flexibility index (Phi) is 2.90. The first-order chi connectivity index (χ1) is 7.29. The Balaban J connectivity index is 2.17. The van der Waals surface area contributed by atoms with Gasteiger partial charge in [-0.15, -0.1) is 0 Å². The van der Waals surface area contributed by atoms with Gasteiger partial charge in [0.05, 0.1) is 13.2 Å². The molecule has 0 aromatic heterocycles. The predicted octanol–water partition coefficient (Wildman–Crippen LogP) is 2.04. The molecule has 80 valence electrons. The normalized spacial score (nSPS) is 20.9. The van der Waals surface area contributed by atoms with Crippen molar-refractivity contribution < 1.29 is 9.53 Å². The smallest absolute Gasteiger partial charge is 0.220 e. The van der Waals surface area contributed by atoms with Crippen molar-refractivity contribution in [2.24, 2.45) is 0 Å². The molecule has 3 nitrogen and oxygen atoms in total. The van der Waals surface area contributed by atoms with Crippen LogP contribution in [0.15, 0.2) is 24.3 Å². The zero-order valence-corrected chi connectivity index (χ0v) is 8.82. The molecule has 1 heterocycles. The molecule has 1 aliphatic rings. The van der Waals surface area contributed by atoms with Crippen LogP contribution in [0.4, 0.5) is 0 Å². The molecule has 1 atom stereocenters. The van der Waals surface area contributed by atoms with Gasteiger partial charge < -0.3 is 10.1 Å². The van der Waals surface area contributed by atoms with Gasteiger partial charge in [-0.3, -0.25) is 4.79 Å². The summed E-state index contributed by atoms with van der Waals surface area (Å²) in [6.07, 6.45) is 2.63. The minimum Gasteiger partial charge on any atom is -0.497 e. The van der Waals surface area contributed by atoms with Crippen LogP contribution in [0.3, 0.4) is 0 Å². The fourth-order valence-corrected chi connectivity index (χ4v) is 1.91. The van der Waals surface area contributed by atoms with Crippen molar-refractivity contribution in [2.45, 2.75) is 25.3 Å². The second kappa shape index (κ2) is 4.34. The zero-order chi connectivity index (χ0) is 10.7. The Hall–Kier alpha value is -1.51. The molecule has 1 aromatic carbocycles. The van der Waals surface area contributed by atoms with Crippen molar-refractivity contribution in [3.63, 3.8) is 0 Å². The number of hydrogen-bond acceptors (Lipinski definition) is 2. The summed E-state index contributed by atoms with van der Waals surface area (Å²) in [5.74, 6) is 0.987. The molecule has 0 radical (unpaired) electrons. The maximum atomic E-state index is 11.3. The van der Waals surface area contributed by atoms with E-state index in [-0.39, 0.29) is 11.9 Å². The average molecular weight is 205 g/mol. The van der Waals surface area contributed by atoms with E-state index < -0.39 is 0 Å². The molecule has 1 aliphatic heterocycles. The van der Waals surface area contributed by atoms with E-state index in [4.69, 9.17) is 4.74 Å². The number of benzene rings is 1. The summed E-state index contributed by atoms with van der Waals surface area (Å²) in [7, 11) is 1.65. The molecule has 1 aromatic rings. The zero-order valence-electron chi connectivity index (χ0n) is 8.82. The van der Waals surface area contributed by atoms with Crippen LogP contribution in [0, 0.1) is 0 Å². The van der Waals surface area contributed by atoms with Crippen LogP contribution in [-0.2, 0) is 4.79 Å². The quantitative estimate of drug-likeness (QED) is 0.802. The minimum absolute atomic E-state index is 0.147. The first kappa shape index (κ1) is 10.0. The number of piperidine rings is 1. The van der Waals surface area contributed by atoms with Crippen molar-refractivity contribution in [3.8, 4) is 5.75 Å². The summed E-state index contributed by atoms with van der Waals surface area (Å²) in [4.78, 5) is 11.3. The monoisotopic (exact) mass is 205 g/mol. The molecule has 1 saturated heterocycles. The molecule has 0 aliphatic carbocycles. The standard InChI is InChI=1S/C12H15NO2/c1-15-10-5-2-4-9(8-10)11-6-3-7-12(14)13-11/h2,4-5,8,11H,3,6-7H2,1H3,(H,13,14). The third-order valence-electron chi connectivity index (χ3n) is 2.73. The van der Waals surface area contributed by atoms with E-state index in [2.05, 4.69) is 5.32 Å². The Labute approximate surface area is 89.4 Å². The highest BCUT2D eigenvalue weighted by Crippen LogP contribution is 2.25. The van der Waals surface area contributed by atoms with E-state index in [0.29, 0.717) is 6.42 Å². The summed E-state index contributed by atoms with van der Waals surface area (Å²) >= 11 is 0.